The van der Waals surface area contributed by atoms with Gasteiger partial charge in [-0.05, 0) is 36.4 Å². The fourth-order valence-corrected chi connectivity index (χ4v) is 4.47. The summed E-state index contributed by atoms with van der Waals surface area (Å²) in [7, 11) is -3.63. The maximum absolute atomic E-state index is 12.6. The number of carbonyl (C=O) groups is 2. The minimum Gasteiger partial charge on any atom is -0.454 e. The van der Waals surface area contributed by atoms with E-state index in [1.807, 2.05) is 0 Å². The number of carbonyl (C=O) groups excluding carboxylic acids is 2. The number of morpholine rings is 1. The standard InChI is InChI=1S/C19H18BrNO6S/c20-16-3-1-2-15(12-16)18(22)13-27-19(23)14-4-6-17(7-5-14)28(24,25)21-8-10-26-11-9-21/h1-7,12H,8-11,13H2. The lowest BCUT2D eigenvalue weighted by Gasteiger charge is -2.26. The van der Waals surface area contributed by atoms with Crippen molar-refractivity contribution in [3.05, 3.63) is 64.1 Å². The first kappa shape index (κ1) is 20.7. The third-order valence-corrected chi connectivity index (χ3v) is 6.58. The van der Waals surface area contributed by atoms with E-state index in [9.17, 15) is 18.0 Å². The summed E-state index contributed by atoms with van der Waals surface area (Å²) in [6.45, 7) is 0.905. The number of hydrogen-bond donors (Lipinski definition) is 0. The summed E-state index contributed by atoms with van der Waals surface area (Å²) in [5, 5.41) is 0. The van der Waals surface area contributed by atoms with Crippen LogP contribution in [0, 0.1) is 0 Å². The molecule has 0 atom stereocenters. The van der Waals surface area contributed by atoms with Crippen molar-refractivity contribution < 1.29 is 27.5 Å². The Labute approximate surface area is 171 Å². The first-order chi connectivity index (χ1) is 13.4. The van der Waals surface area contributed by atoms with E-state index < -0.39 is 22.6 Å². The van der Waals surface area contributed by atoms with Crippen LogP contribution in [-0.2, 0) is 19.5 Å². The average molecular weight is 468 g/mol. The van der Waals surface area contributed by atoms with Gasteiger partial charge in [-0.2, -0.15) is 4.31 Å². The molecule has 28 heavy (non-hydrogen) atoms. The average Bonchev–Trinajstić information content (AvgIpc) is 2.72. The Hall–Kier alpha value is -2.07. The van der Waals surface area contributed by atoms with Gasteiger partial charge in [-0.25, -0.2) is 13.2 Å². The van der Waals surface area contributed by atoms with Crippen LogP contribution in [0.3, 0.4) is 0 Å². The van der Waals surface area contributed by atoms with E-state index in [-0.39, 0.29) is 16.2 Å². The molecule has 0 aliphatic carbocycles. The van der Waals surface area contributed by atoms with Gasteiger partial charge in [-0.3, -0.25) is 4.79 Å². The summed E-state index contributed by atoms with van der Waals surface area (Å²) in [6, 6.07) is 12.2. The zero-order chi connectivity index (χ0) is 20.1. The molecule has 1 heterocycles. The van der Waals surface area contributed by atoms with Crippen molar-refractivity contribution in [2.75, 3.05) is 32.9 Å². The maximum Gasteiger partial charge on any atom is 0.338 e. The normalized spacial score (nSPS) is 15.2. The number of rotatable bonds is 6. The van der Waals surface area contributed by atoms with Gasteiger partial charge in [0.25, 0.3) is 0 Å². The molecule has 0 radical (unpaired) electrons. The number of sulfonamides is 1. The Morgan fingerprint density at radius 3 is 2.36 bits per heavy atom. The molecule has 0 amide bonds. The van der Waals surface area contributed by atoms with Crippen LogP contribution in [0.2, 0.25) is 0 Å². The SMILES string of the molecule is O=C(COC(=O)c1ccc(S(=O)(=O)N2CCOCC2)cc1)c1cccc(Br)c1. The third-order valence-electron chi connectivity index (χ3n) is 4.18. The van der Waals surface area contributed by atoms with Crippen LogP contribution in [0.5, 0.6) is 0 Å². The second-order valence-corrected chi connectivity index (χ2v) is 8.90. The van der Waals surface area contributed by atoms with Crippen LogP contribution in [0.25, 0.3) is 0 Å². The van der Waals surface area contributed by atoms with Gasteiger partial charge < -0.3 is 9.47 Å². The summed E-state index contributed by atoms with van der Waals surface area (Å²) in [5.74, 6) is -1.03. The molecule has 0 aromatic heterocycles. The van der Waals surface area contributed by atoms with Crippen LogP contribution in [-0.4, -0.2) is 57.4 Å². The zero-order valence-electron chi connectivity index (χ0n) is 14.8. The fraction of sp³-hybridized carbons (Fsp3) is 0.263. The van der Waals surface area contributed by atoms with E-state index >= 15 is 0 Å². The van der Waals surface area contributed by atoms with E-state index in [1.54, 1.807) is 24.3 Å². The van der Waals surface area contributed by atoms with Crippen LogP contribution >= 0.6 is 15.9 Å². The molecule has 9 heteroatoms. The summed E-state index contributed by atoms with van der Waals surface area (Å²) < 4.78 is 37.5. The maximum atomic E-state index is 12.6. The fourth-order valence-electron chi connectivity index (χ4n) is 2.66. The molecule has 0 spiro atoms. The lowest BCUT2D eigenvalue weighted by Crippen LogP contribution is -2.40. The van der Waals surface area contributed by atoms with Crippen molar-refractivity contribution in [2.45, 2.75) is 4.90 Å². The van der Waals surface area contributed by atoms with Crippen LogP contribution < -0.4 is 0 Å². The highest BCUT2D eigenvalue weighted by Gasteiger charge is 2.26. The Balaban J connectivity index is 1.63. The highest BCUT2D eigenvalue weighted by atomic mass is 79.9. The quantitative estimate of drug-likeness (QED) is 0.478. The highest BCUT2D eigenvalue weighted by Crippen LogP contribution is 2.18. The number of ether oxygens (including phenoxy) is 2. The largest absolute Gasteiger partial charge is 0.454 e. The molecule has 1 aliphatic rings. The van der Waals surface area contributed by atoms with Crippen molar-refractivity contribution in [2.24, 2.45) is 0 Å². The molecule has 1 fully saturated rings. The second-order valence-electron chi connectivity index (χ2n) is 6.05. The van der Waals surface area contributed by atoms with Crippen LogP contribution in [0.15, 0.2) is 57.9 Å². The Morgan fingerprint density at radius 1 is 1.04 bits per heavy atom. The molecule has 0 bridgehead atoms. The molecule has 0 N–H and O–H groups in total. The minimum absolute atomic E-state index is 0.0937. The first-order valence-corrected chi connectivity index (χ1v) is 10.7. The smallest absolute Gasteiger partial charge is 0.338 e. The number of benzene rings is 2. The predicted octanol–water partition coefficient (Wildman–Crippen LogP) is 2.51. The summed E-state index contributed by atoms with van der Waals surface area (Å²) in [4.78, 5) is 24.3. The Morgan fingerprint density at radius 2 is 1.71 bits per heavy atom. The summed E-state index contributed by atoms with van der Waals surface area (Å²) in [5.41, 5.74) is 0.595. The molecule has 148 valence electrons. The number of ketones is 1. The van der Waals surface area contributed by atoms with Gasteiger partial charge in [-0.15, -0.1) is 0 Å². The Kier molecular flexibility index (Phi) is 6.61. The topological polar surface area (TPSA) is 90.0 Å². The van der Waals surface area contributed by atoms with E-state index in [2.05, 4.69) is 15.9 Å². The van der Waals surface area contributed by atoms with Crippen molar-refractivity contribution >= 4 is 37.7 Å². The van der Waals surface area contributed by atoms with Crippen molar-refractivity contribution in [1.82, 2.24) is 4.31 Å². The molecule has 0 unspecified atom stereocenters. The molecule has 0 saturated carbocycles. The lowest BCUT2D eigenvalue weighted by atomic mass is 10.1. The van der Waals surface area contributed by atoms with Crippen LogP contribution in [0.1, 0.15) is 20.7 Å². The molecular weight excluding hydrogens is 450 g/mol. The van der Waals surface area contributed by atoms with Gasteiger partial charge in [0.2, 0.25) is 10.0 Å². The van der Waals surface area contributed by atoms with Gasteiger partial charge in [-0.1, -0.05) is 28.1 Å². The number of nitrogens with zero attached hydrogens (tertiary/aromatic N) is 1. The number of Topliss-reactive ketones (excluding diaryl/α,β-unsaturated/α-hetero) is 1. The first-order valence-electron chi connectivity index (χ1n) is 8.52. The van der Waals surface area contributed by atoms with Crippen molar-refractivity contribution in [3.63, 3.8) is 0 Å². The summed E-state index contributed by atoms with van der Waals surface area (Å²) >= 11 is 3.28. The number of esters is 1. The summed E-state index contributed by atoms with van der Waals surface area (Å²) in [6.07, 6.45) is 0. The van der Waals surface area contributed by atoms with Crippen molar-refractivity contribution in [1.29, 1.82) is 0 Å². The van der Waals surface area contributed by atoms with Gasteiger partial charge in [0.1, 0.15) is 0 Å². The zero-order valence-corrected chi connectivity index (χ0v) is 17.2. The van der Waals surface area contributed by atoms with Crippen LogP contribution in [0.4, 0.5) is 0 Å². The number of halogens is 1. The van der Waals surface area contributed by atoms with Gasteiger partial charge in [0, 0.05) is 23.1 Å². The lowest BCUT2D eigenvalue weighted by molar-refractivity contribution is 0.0474. The molecule has 3 rings (SSSR count). The second kappa shape index (κ2) is 8.95. The van der Waals surface area contributed by atoms with Crippen molar-refractivity contribution in [3.8, 4) is 0 Å². The van der Waals surface area contributed by atoms with E-state index in [1.165, 1.54) is 28.6 Å². The van der Waals surface area contributed by atoms with E-state index in [4.69, 9.17) is 9.47 Å². The predicted molar refractivity (Wildman–Crippen MR) is 105 cm³/mol. The highest BCUT2D eigenvalue weighted by molar-refractivity contribution is 9.10. The van der Waals surface area contributed by atoms with E-state index in [0.29, 0.717) is 31.9 Å². The van der Waals surface area contributed by atoms with Gasteiger partial charge in [0.05, 0.1) is 23.7 Å². The monoisotopic (exact) mass is 467 g/mol. The third kappa shape index (κ3) is 4.85. The number of hydrogen-bond acceptors (Lipinski definition) is 6. The molecule has 1 aliphatic heterocycles. The van der Waals surface area contributed by atoms with Gasteiger partial charge >= 0.3 is 5.97 Å². The molecule has 7 nitrogen and oxygen atoms in total. The Bertz CT molecular complexity index is 968. The molecule has 1 saturated heterocycles. The van der Waals surface area contributed by atoms with Gasteiger partial charge in [0.15, 0.2) is 12.4 Å². The molecular formula is C19H18BrNO6S. The van der Waals surface area contributed by atoms with E-state index in [0.717, 1.165) is 4.47 Å². The molecule has 2 aromatic carbocycles. The minimum atomic E-state index is -3.63. The molecule has 2 aromatic rings.